The normalized spacial score (nSPS) is 11.1. The highest BCUT2D eigenvalue weighted by Crippen LogP contribution is 2.07. The lowest BCUT2D eigenvalue weighted by molar-refractivity contribution is 0.577. The summed E-state index contributed by atoms with van der Waals surface area (Å²) in [6, 6.07) is 7.34. The number of rotatable bonds is 5. The summed E-state index contributed by atoms with van der Waals surface area (Å²) >= 11 is 1.71. The summed E-state index contributed by atoms with van der Waals surface area (Å²) in [5.74, 6) is 1.52. The second kappa shape index (κ2) is 6.09. The summed E-state index contributed by atoms with van der Waals surface area (Å²) in [5.41, 5.74) is 1.58. The number of aromatic amines is 1. The number of aryl methyl sites for hydroxylation is 2. The molecule has 1 aromatic carbocycles. The van der Waals surface area contributed by atoms with E-state index in [1.54, 1.807) is 22.5 Å². The van der Waals surface area contributed by atoms with Gasteiger partial charge in [-0.2, -0.15) is 11.8 Å². The Bertz CT molecular complexity index is 810. The zero-order valence-electron chi connectivity index (χ0n) is 11.6. The highest BCUT2D eigenvalue weighted by molar-refractivity contribution is 7.97. The lowest BCUT2D eigenvalue weighted by Crippen LogP contribution is -2.14. The minimum absolute atomic E-state index is 0.0998. The van der Waals surface area contributed by atoms with Crippen molar-refractivity contribution in [2.75, 3.05) is 6.26 Å². The number of hydrogen-bond acceptors (Lipinski definition) is 5. The zero-order chi connectivity index (χ0) is 14.7. The van der Waals surface area contributed by atoms with E-state index >= 15 is 0 Å². The Morgan fingerprint density at radius 2 is 2.19 bits per heavy atom. The molecule has 108 valence electrons. The molecule has 0 radical (unpaired) electrons. The molecule has 0 spiro atoms. The summed E-state index contributed by atoms with van der Waals surface area (Å²) in [5, 5.41) is 8.77. The topological polar surface area (TPSA) is 76.5 Å². The maximum absolute atomic E-state index is 12.0. The molecule has 0 atom stereocenters. The van der Waals surface area contributed by atoms with E-state index in [0.717, 1.165) is 17.0 Å². The fourth-order valence-electron chi connectivity index (χ4n) is 2.14. The van der Waals surface area contributed by atoms with E-state index in [1.165, 1.54) is 0 Å². The van der Waals surface area contributed by atoms with Gasteiger partial charge in [-0.15, -0.1) is 5.10 Å². The Morgan fingerprint density at radius 3 is 3.05 bits per heavy atom. The number of hydrogen-bond donors (Lipinski definition) is 1. The summed E-state index contributed by atoms with van der Waals surface area (Å²) in [4.78, 5) is 19.3. The van der Waals surface area contributed by atoms with Crippen LogP contribution in [0, 0.1) is 0 Å². The first-order valence-electron chi connectivity index (χ1n) is 6.62. The minimum Gasteiger partial charge on any atom is -0.310 e. The van der Waals surface area contributed by atoms with Crippen LogP contribution in [-0.4, -0.2) is 31.2 Å². The predicted molar refractivity (Wildman–Crippen MR) is 83.3 cm³/mol. The second-order valence-electron chi connectivity index (χ2n) is 4.69. The van der Waals surface area contributed by atoms with E-state index in [4.69, 9.17) is 0 Å². The lowest BCUT2D eigenvalue weighted by atomic mass is 10.2. The average molecular weight is 301 g/mol. The van der Waals surface area contributed by atoms with Crippen LogP contribution in [0.25, 0.3) is 10.9 Å². The van der Waals surface area contributed by atoms with E-state index < -0.39 is 0 Å². The number of nitrogens with one attached hydrogen (secondary N) is 1. The maximum Gasteiger partial charge on any atom is 0.258 e. The van der Waals surface area contributed by atoms with Gasteiger partial charge in [0.1, 0.15) is 5.82 Å². The molecular weight excluding hydrogens is 286 g/mol. The van der Waals surface area contributed by atoms with Crippen molar-refractivity contribution in [1.29, 1.82) is 0 Å². The number of aromatic nitrogens is 5. The van der Waals surface area contributed by atoms with Gasteiger partial charge in [0.2, 0.25) is 0 Å². The predicted octanol–water partition coefficient (Wildman–Crippen LogP) is 1.62. The number of nitrogens with zero attached hydrogens (tertiary/aromatic N) is 4. The van der Waals surface area contributed by atoms with Crippen LogP contribution >= 0.6 is 11.8 Å². The fraction of sp³-hybridized carbons (Fsp3) is 0.286. The molecular formula is C14H15N5OS. The zero-order valence-corrected chi connectivity index (χ0v) is 12.4. The molecule has 0 aliphatic rings. The molecule has 3 aromatic rings. The van der Waals surface area contributed by atoms with E-state index in [0.29, 0.717) is 24.2 Å². The van der Waals surface area contributed by atoms with Gasteiger partial charge in [-0.05, 0) is 18.4 Å². The smallest absolute Gasteiger partial charge is 0.258 e. The molecule has 6 nitrogen and oxygen atoms in total. The third-order valence-electron chi connectivity index (χ3n) is 3.12. The summed E-state index contributed by atoms with van der Waals surface area (Å²) < 4.78 is 1.78. The van der Waals surface area contributed by atoms with E-state index in [-0.39, 0.29) is 5.56 Å². The third-order valence-corrected chi connectivity index (χ3v) is 3.70. The fourth-order valence-corrected chi connectivity index (χ4v) is 2.56. The first kappa shape index (κ1) is 13.8. The van der Waals surface area contributed by atoms with Gasteiger partial charge in [0, 0.05) is 24.9 Å². The second-order valence-corrected chi connectivity index (χ2v) is 5.55. The van der Waals surface area contributed by atoms with Crippen LogP contribution in [0.2, 0.25) is 0 Å². The molecule has 7 heteroatoms. The van der Waals surface area contributed by atoms with Crippen molar-refractivity contribution in [2.24, 2.45) is 0 Å². The van der Waals surface area contributed by atoms with Crippen LogP contribution in [0.15, 0.2) is 35.3 Å². The first-order chi connectivity index (χ1) is 10.3. The lowest BCUT2D eigenvalue weighted by Gasteiger charge is -2.02. The van der Waals surface area contributed by atoms with Crippen molar-refractivity contribution in [3.05, 3.63) is 52.3 Å². The molecule has 0 unspecified atom stereocenters. The molecule has 0 fully saturated rings. The summed E-state index contributed by atoms with van der Waals surface area (Å²) in [7, 11) is 0. The summed E-state index contributed by atoms with van der Waals surface area (Å²) in [6.07, 6.45) is 4.57. The van der Waals surface area contributed by atoms with Crippen molar-refractivity contribution in [3.8, 4) is 0 Å². The van der Waals surface area contributed by atoms with E-state index in [9.17, 15) is 4.79 Å². The molecule has 1 N–H and O–H groups in total. The van der Waals surface area contributed by atoms with Gasteiger partial charge in [0.05, 0.1) is 16.6 Å². The number of para-hydroxylation sites is 1. The number of fused-ring (bicyclic) bond motifs is 1. The standard InChI is InChI=1S/C14H15N5OS/c1-21-9-10-8-19(18-17-10)7-6-13-15-12-5-3-2-4-11(12)14(20)16-13/h2-5,8H,6-7,9H2,1H3,(H,15,16,20). The van der Waals surface area contributed by atoms with E-state index in [2.05, 4.69) is 20.3 Å². The first-order valence-corrected chi connectivity index (χ1v) is 8.01. The van der Waals surface area contributed by atoms with Gasteiger partial charge in [-0.25, -0.2) is 4.98 Å². The maximum atomic E-state index is 12.0. The quantitative estimate of drug-likeness (QED) is 0.775. The summed E-state index contributed by atoms with van der Waals surface area (Å²) in [6.45, 7) is 0.642. The van der Waals surface area contributed by atoms with Crippen LogP contribution in [0.4, 0.5) is 0 Å². The van der Waals surface area contributed by atoms with Crippen LogP contribution < -0.4 is 5.56 Å². The van der Waals surface area contributed by atoms with Gasteiger partial charge >= 0.3 is 0 Å². The number of H-pyrrole nitrogens is 1. The van der Waals surface area contributed by atoms with Gasteiger partial charge in [0.15, 0.2) is 0 Å². The van der Waals surface area contributed by atoms with Gasteiger partial charge in [-0.1, -0.05) is 17.3 Å². The minimum atomic E-state index is -0.0998. The third kappa shape index (κ3) is 3.13. The monoisotopic (exact) mass is 301 g/mol. The molecule has 0 aliphatic carbocycles. The van der Waals surface area contributed by atoms with Gasteiger partial charge in [-0.3, -0.25) is 9.48 Å². The Hall–Kier alpha value is -2.15. The van der Waals surface area contributed by atoms with Gasteiger partial charge in [0.25, 0.3) is 5.56 Å². The van der Waals surface area contributed by atoms with Crippen molar-refractivity contribution < 1.29 is 0 Å². The molecule has 0 amide bonds. The molecule has 0 saturated carbocycles. The van der Waals surface area contributed by atoms with Crippen LogP contribution in [0.1, 0.15) is 11.5 Å². The Labute approximate surface area is 125 Å². The van der Waals surface area contributed by atoms with Crippen LogP contribution in [-0.2, 0) is 18.7 Å². The van der Waals surface area contributed by atoms with Crippen LogP contribution in [0.5, 0.6) is 0 Å². The molecule has 21 heavy (non-hydrogen) atoms. The molecule has 0 aliphatic heterocycles. The average Bonchev–Trinajstić information content (AvgIpc) is 2.93. The van der Waals surface area contributed by atoms with Gasteiger partial charge < -0.3 is 4.98 Å². The number of benzene rings is 1. The number of thioether (sulfide) groups is 1. The molecule has 0 bridgehead atoms. The van der Waals surface area contributed by atoms with Crippen molar-refractivity contribution in [1.82, 2.24) is 25.0 Å². The Kier molecular flexibility index (Phi) is 4.01. The molecule has 2 aromatic heterocycles. The molecule has 2 heterocycles. The molecule has 0 saturated heterocycles. The highest BCUT2D eigenvalue weighted by Gasteiger charge is 2.05. The van der Waals surface area contributed by atoms with Crippen molar-refractivity contribution in [3.63, 3.8) is 0 Å². The highest BCUT2D eigenvalue weighted by atomic mass is 32.2. The Morgan fingerprint density at radius 1 is 1.33 bits per heavy atom. The van der Waals surface area contributed by atoms with E-state index in [1.807, 2.05) is 30.7 Å². The molecule has 3 rings (SSSR count). The van der Waals surface area contributed by atoms with Crippen LogP contribution in [0.3, 0.4) is 0 Å². The van der Waals surface area contributed by atoms with Crippen molar-refractivity contribution in [2.45, 2.75) is 18.7 Å². The Balaban J connectivity index is 1.77. The SMILES string of the molecule is CSCc1cn(CCc2nc3ccccc3c(=O)[nH]2)nn1. The van der Waals surface area contributed by atoms with Crippen molar-refractivity contribution >= 4 is 22.7 Å². The largest absolute Gasteiger partial charge is 0.310 e.